The molecule has 1 heterocycles. The van der Waals surface area contributed by atoms with E-state index in [1.54, 1.807) is 4.90 Å². The van der Waals surface area contributed by atoms with Gasteiger partial charge in [-0.2, -0.15) is 0 Å². The molecule has 0 N–H and O–H groups in total. The van der Waals surface area contributed by atoms with Crippen molar-refractivity contribution in [3.63, 3.8) is 0 Å². The molecule has 1 saturated heterocycles. The minimum Gasteiger partial charge on any atom is -0.378 e. The van der Waals surface area contributed by atoms with Gasteiger partial charge in [-0.25, -0.2) is 0 Å². The summed E-state index contributed by atoms with van der Waals surface area (Å²) < 4.78 is 5.42. The number of hydrogen-bond donors (Lipinski definition) is 0. The minimum atomic E-state index is 0.00121. The van der Waals surface area contributed by atoms with Gasteiger partial charge >= 0.3 is 0 Å². The molecule has 0 bridgehead atoms. The number of hydrogen-bond acceptors (Lipinski definition) is 3. The highest BCUT2D eigenvalue weighted by Gasteiger charge is 2.20. The van der Waals surface area contributed by atoms with E-state index in [0.29, 0.717) is 5.56 Å². The van der Waals surface area contributed by atoms with Crippen LogP contribution < -0.4 is 9.80 Å². The first-order valence-corrected chi connectivity index (χ1v) is 7.52. The van der Waals surface area contributed by atoms with Crippen LogP contribution in [-0.2, 0) is 4.74 Å². The molecule has 3 rings (SSSR count). The number of carbonyl (C=O) groups is 1. The quantitative estimate of drug-likeness (QED) is 0.873. The molecule has 114 valence electrons. The Balaban J connectivity index is 1.89. The van der Waals surface area contributed by atoms with Crippen LogP contribution in [-0.4, -0.2) is 39.3 Å². The van der Waals surface area contributed by atoms with Gasteiger partial charge in [0.2, 0.25) is 0 Å². The van der Waals surface area contributed by atoms with Gasteiger partial charge in [-0.15, -0.1) is 0 Å². The molecule has 0 aliphatic carbocycles. The standard InChI is InChI=1S/C18H20N2O2/c1-19(18(21)15-7-3-2-4-8-15)16-9-5-6-10-17(16)20-11-13-22-14-12-20/h2-10H,11-14H2,1H3. The lowest BCUT2D eigenvalue weighted by atomic mass is 10.1. The number of anilines is 2. The van der Waals surface area contributed by atoms with Crippen LogP contribution in [0, 0.1) is 0 Å². The van der Waals surface area contributed by atoms with Gasteiger partial charge in [0.05, 0.1) is 24.6 Å². The fraction of sp³-hybridized carbons (Fsp3) is 0.278. The maximum Gasteiger partial charge on any atom is 0.258 e. The van der Waals surface area contributed by atoms with Gasteiger partial charge in [-0.05, 0) is 24.3 Å². The Hall–Kier alpha value is -2.33. The Morgan fingerprint density at radius 3 is 2.36 bits per heavy atom. The van der Waals surface area contributed by atoms with Crippen LogP contribution >= 0.6 is 0 Å². The number of nitrogens with zero attached hydrogens (tertiary/aromatic N) is 2. The second-order valence-corrected chi connectivity index (χ2v) is 5.32. The summed E-state index contributed by atoms with van der Waals surface area (Å²) in [5.74, 6) is 0.00121. The third kappa shape index (κ3) is 2.97. The van der Waals surface area contributed by atoms with Gasteiger partial charge in [-0.3, -0.25) is 4.79 Å². The average molecular weight is 296 g/mol. The Morgan fingerprint density at radius 2 is 1.64 bits per heavy atom. The summed E-state index contributed by atoms with van der Waals surface area (Å²) in [6.07, 6.45) is 0. The lowest BCUT2D eigenvalue weighted by Gasteiger charge is -2.32. The van der Waals surface area contributed by atoms with E-state index >= 15 is 0 Å². The first-order chi connectivity index (χ1) is 10.8. The number of carbonyl (C=O) groups excluding carboxylic acids is 1. The molecule has 0 aromatic heterocycles. The highest BCUT2D eigenvalue weighted by molar-refractivity contribution is 6.07. The molecule has 1 fully saturated rings. The Labute approximate surface area is 130 Å². The molecule has 2 aromatic rings. The summed E-state index contributed by atoms with van der Waals surface area (Å²) in [7, 11) is 1.83. The van der Waals surface area contributed by atoms with E-state index in [1.807, 2.05) is 55.6 Å². The molecule has 0 atom stereocenters. The molecule has 2 aromatic carbocycles. The fourth-order valence-electron chi connectivity index (χ4n) is 2.70. The van der Waals surface area contributed by atoms with Crippen molar-refractivity contribution < 1.29 is 9.53 Å². The van der Waals surface area contributed by atoms with Crippen LogP contribution in [0.25, 0.3) is 0 Å². The second-order valence-electron chi connectivity index (χ2n) is 5.32. The van der Waals surface area contributed by atoms with Gasteiger partial charge in [0.15, 0.2) is 0 Å². The largest absolute Gasteiger partial charge is 0.378 e. The topological polar surface area (TPSA) is 32.8 Å². The number of amides is 1. The first-order valence-electron chi connectivity index (χ1n) is 7.52. The summed E-state index contributed by atoms with van der Waals surface area (Å²) in [6.45, 7) is 3.16. The van der Waals surface area contributed by atoms with Crippen molar-refractivity contribution in [1.29, 1.82) is 0 Å². The molecule has 4 nitrogen and oxygen atoms in total. The predicted molar refractivity (Wildman–Crippen MR) is 88.6 cm³/mol. The van der Waals surface area contributed by atoms with Crippen molar-refractivity contribution in [1.82, 2.24) is 0 Å². The maximum absolute atomic E-state index is 12.7. The van der Waals surface area contributed by atoms with Gasteiger partial charge < -0.3 is 14.5 Å². The molecule has 0 saturated carbocycles. The van der Waals surface area contributed by atoms with E-state index in [9.17, 15) is 4.79 Å². The monoisotopic (exact) mass is 296 g/mol. The third-order valence-corrected chi connectivity index (χ3v) is 3.92. The lowest BCUT2D eigenvalue weighted by molar-refractivity contribution is 0.0993. The number of rotatable bonds is 3. The number of morpholine rings is 1. The third-order valence-electron chi connectivity index (χ3n) is 3.92. The van der Waals surface area contributed by atoms with Crippen molar-refractivity contribution >= 4 is 17.3 Å². The average Bonchev–Trinajstić information content (AvgIpc) is 2.62. The van der Waals surface area contributed by atoms with E-state index in [0.717, 1.165) is 37.7 Å². The summed E-state index contributed by atoms with van der Waals surface area (Å²) in [6, 6.07) is 17.4. The van der Waals surface area contributed by atoms with Crippen LogP contribution in [0.3, 0.4) is 0 Å². The lowest BCUT2D eigenvalue weighted by Crippen LogP contribution is -2.38. The summed E-state index contributed by atoms with van der Waals surface area (Å²) >= 11 is 0. The molecule has 1 aliphatic heterocycles. The smallest absolute Gasteiger partial charge is 0.258 e. The molecule has 0 unspecified atom stereocenters. The zero-order valence-corrected chi connectivity index (χ0v) is 12.7. The van der Waals surface area contributed by atoms with Gasteiger partial charge in [0.1, 0.15) is 0 Å². The van der Waals surface area contributed by atoms with Gasteiger partial charge in [-0.1, -0.05) is 30.3 Å². The predicted octanol–water partition coefficient (Wildman–Crippen LogP) is 2.80. The molecule has 1 aliphatic rings. The molecular formula is C18H20N2O2. The summed E-state index contributed by atoms with van der Waals surface area (Å²) in [4.78, 5) is 16.7. The molecule has 4 heteroatoms. The Kier molecular flexibility index (Phi) is 4.39. The maximum atomic E-state index is 12.7. The van der Waals surface area contributed by atoms with Crippen LogP contribution in [0.1, 0.15) is 10.4 Å². The highest BCUT2D eigenvalue weighted by Crippen LogP contribution is 2.30. The minimum absolute atomic E-state index is 0.00121. The Bertz CT molecular complexity index is 637. The van der Waals surface area contributed by atoms with Crippen molar-refractivity contribution in [2.24, 2.45) is 0 Å². The van der Waals surface area contributed by atoms with Crippen LogP contribution in [0.2, 0.25) is 0 Å². The van der Waals surface area contributed by atoms with Crippen LogP contribution in [0.5, 0.6) is 0 Å². The van der Waals surface area contributed by atoms with Crippen molar-refractivity contribution in [2.75, 3.05) is 43.2 Å². The van der Waals surface area contributed by atoms with E-state index in [4.69, 9.17) is 4.74 Å². The van der Waals surface area contributed by atoms with E-state index in [2.05, 4.69) is 11.0 Å². The van der Waals surface area contributed by atoms with Crippen molar-refractivity contribution in [3.8, 4) is 0 Å². The number of ether oxygens (including phenoxy) is 1. The molecule has 0 spiro atoms. The second kappa shape index (κ2) is 6.62. The molecule has 0 radical (unpaired) electrons. The van der Waals surface area contributed by atoms with E-state index < -0.39 is 0 Å². The zero-order valence-electron chi connectivity index (χ0n) is 12.7. The van der Waals surface area contributed by atoms with E-state index in [-0.39, 0.29) is 5.91 Å². The highest BCUT2D eigenvalue weighted by atomic mass is 16.5. The van der Waals surface area contributed by atoms with Crippen molar-refractivity contribution in [3.05, 3.63) is 60.2 Å². The molecule has 22 heavy (non-hydrogen) atoms. The summed E-state index contributed by atoms with van der Waals surface area (Å²) in [5, 5.41) is 0. The Morgan fingerprint density at radius 1 is 1.00 bits per heavy atom. The molecular weight excluding hydrogens is 276 g/mol. The number of benzene rings is 2. The van der Waals surface area contributed by atoms with Gasteiger partial charge in [0.25, 0.3) is 5.91 Å². The van der Waals surface area contributed by atoms with Gasteiger partial charge in [0, 0.05) is 25.7 Å². The SMILES string of the molecule is CN(C(=O)c1ccccc1)c1ccccc1N1CCOCC1. The van der Waals surface area contributed by atoms with E-state index in [1.165, 1.54) is 0 Å². The van der Waals surface area contributed by atoms with Crippen molar-refractivity contribution in [2.45, 2.75) is 0 Å². The normalized spacial score (nSPS) is 14.7. The van der Waals surface area contributed by atoms with Crippen LogP contribution in [0.15, 0.2) is 54.6 Å². The molecule has 1 amide bonds. The fourth-order valence-corrected chi connectivity index (χ4v) is 2.70. The first kappa shape index (κ1) is 14.6. The zero-order chi connectivity index (χ0) is 15.4. The summed E-state index contributed by atoms with van der Waals surface area (Å²) in [5.41, 5.74) is 2.71. The number of para-hydroxylation sites is 2. The van der Waals surface area contributed by atoms with Crippen LogP contribution in [0.4, 0.5) is 11.4 Å².